The zero-order valence-electron chi connectivity index (χ0n) is 15.9. The van der Waals surface area contributed by atoms with Gasteiger partial charge in [-0.15, -0.1) is 0 Å². The van der Waals surface area contributed by atoms with Gasteiger partial charge in [0, 0.05) is 57.4 Å². The van der Waals surface area contributed by atoms with E-state index in [1.54, 1.807) is 0 Å². The van der Waals surface area contributed by atoms with Crippen molar-refractivity contribution in [3.05, 3.63) is 36.0 Å². The molecule has 0 bridgehead atoms. The van der Waals surface area contributed by atoms with Gasteiger partial charge in [0.2, 0.25) is 5.91 Å². The van der Waals surface area contributed by atoms with Crippen molar-refractivity contribution in [1.82, 2.24) is 14.4 Å². The molecule has 1 aromatic heterocycles. The molecule has 0 unspecified atom stereocenters. The Balaban J connectivity index is 1.51. The second-order valence-electron chi connectivity index (χ2n) is 7.57. The second kappa shape index (κ2) is 8.05. The lowest BCUT2D eigenvalue weighted by Crippen LogP contribution is -2.49. The molecule has 136 valence electrons. The standard InChI is InChI=1S/C21H31N3O/c1-4-23-10-9-19-15-18(5-7-20(19)23)6-8-21(25)24-13-11-22(12-14-24)16-17(2)3/h5,7,9-10,15,17H,4,6,8,11-14,16H2,1-3H3. The normalized spacial score (nSPS) is 16.1. The van der Waals surface area contributed by atoms with Crippen molar-refractivity contribution in [3.63, 3.8) is 0 Å². The molecule has 4 nitrogen and oxygen atoms in total. The van der Waals surface area contributed by atoms with E-state index in [0.717, 1.165) is 45.7 Å². The molecule has 4 heteroatoms. The van der Waals surface area contributed by atoms with Crippen LogP contribution in [0.2, 0.25) is 0 Å². The first-order chi connectivity index (χ1) is 12.1. The number of aromatic nitrogens is 1. The number of benzene rings is 1. The lowest BCUT2D eigenvalue weighted by Gasteiger charge is -2.35. The summed E-state index contributed by atoms with van der Waals surface area (Å²) in [4.78, 5) is 17.0. The van der Waals surface area contributed by atoms with Crippen molar-refractivity contribution in [2.75, 3.05) is 32.7 Å². The average Bonchev–Trinajstić information content (AvgIpc) is 3.02. The van der Waals surface area contributed by atoms with Crippen LogP contribution in [0.1, 0.15) is 32.8 Å². The smallest absolute Gasteiger partial charge is 0.222 e. The van der Waals surface area contributed by atoms with Crippen LogP contribution in [0.15, 0.2) is 30.5 Å². The minimum Gasteiger partial charge on any atom is -0.348 e. The lowest BCUT2D eigenvalue weighted by molar-refractivity contribution is -0.132. The maximum Gasteiger partial charge on any atom is 0.222 e. The van der Waals surface area contributed by atoms with Gasteiger partial charge in [-0.1, -0.05) is 19.9 Å². The fourth-order valence-electron chi connectivity index (χ4n) is 3.79. The number of amides is 1. The van der Waals surface area contributed by atoms with Crippen molar-refractivity contribution < 1.29 is 4.79 Å². The third-order valence-corrected chi connectivity index (χ3v) is 5.15. The molecule has 2 heterocycles. The van der Waals surface area contributed by atoms with Crippen LogP contribution in [0.25, 0.3) is 10.9 Å². The van der Waals surface area contributed by atoms with Crippen LogP contribution >= 0.6 is 0 Å². The highest BCUT2D eigenvalue weighted by Crippen LogP contribution is 2.19. The topological polar surface area (TPSA) is 28.5 Å². The van der Waals surface area contributed by atoms with Crippen LogP contribution in [0.4, 0.5) is 0 Å². The largest absolute Gasteiger partial charge is 0.348 e. The molecule has 25 heavy (non-hydrogen) atoms. The summed E-state index contributed by atoms with van der Waals surface area (Å²) in [5.74, 6) is 0.996. The summed E-state index contributed by atoms with van der Waals surface area (Å²) in [6.45, 7) is 12.6. The van der Waals surface area contributed by atoms with Gasteiger partial charge in [0.05, 0.1) is 0 Å². The molecule has 1 amide bonds. The highest BCUT2D eigenvalue weighted by Gasteiger charge is 2.21. The third kappa shape index (κ3) is 4.43. The maximum atomic E-state index is 12.5. The average molecular weight is 341 g/mol. The Kier molecular flexibility index (Phi) is 5.79. The first-order valence-electron chi connectivity index (χ1n) is 9.64. The Labute approximate surface area is 151 Å². The minimum absolute atomic E-state index is 0.301. The van der Waals surface area contributed by atoms with E-state index in [1.807, 2.05) is 4.90 Å². The zero-order chi connectivity index (χ0) is 17.8. The van der Waals surface area contributed by atoms with Crippen molar-refractivity contribution in [3.8, 4) is 0 Å². The van der Waals surface area contributed by atoms with E-state index in [4.69, 9.17) is 0 Å². The SMILES string of the molecule is CCn1ccc2cc(CCC(=O)N3CCN(CC(C)C)CC3)ccc21. The highest BCUT2D eigenvalue weighted by atomic mass is 16.2. The van der Waals surface area contributed by atoms with Crippen LogP contribution in [-0.2, 0) is 17.8 Å². The number of piperazine rings is 1. The van der Waals surface area contributed by atoms with Crippen molar-refractivity contribution in [2.45, 2.75) is 40.2 Å². The van der Waals surface area contributed by atoms with E-state index in [2.05, 4.69) is 60.7 Å². The van der Waals surface area contributed by atoms with Crippen molar-refractivity contribution in [1.29, 1.82) is 0 Å². The predicted octanol–water partition coefficient (Wildman–Crippen LogP) is 3.39. The van der Waals surface area contributed by atoms with Crippen molar-refractivity contribution in [2.24, 2.45) is 5.92 Å². The van der Waals surface area contributed by atoms with Gasteiger partial charge in [0.25, 0.3) is 0 Å². The van der Waals surface area contributed by atoms with Gasteiger partial charge in [0.15, 0.2) is 0 Å². The Hall–Kier alpha value is -1.81. The summed E-state index contributed by atoms with van der Waals surface area (Å²) in [5.41, 5.74) is 2.53. The monoisotopic (exact) mass is 341 g/mol. The van der Waals surface area contributed by atoms with Crippen LogP contribution in [-0.4, -0.2) is 53.0 Å². The number of fused-ring (bicyclic) bond motifs is 1. The van der Waals surface area contributed by atoms with Crippen LogP contribution in [0, 0.1) is 5.92 Å². The molecule has 0 spiro atoms. The van der Waals surface area contributed by atoms with E-state index >= 15 is 0 Å². The van der Waals surface area contributed by atoms with Crippen LogP contribution in [0.5, 0.6) is 0 Å². The number of carbonyl (C=O) groups is 1. The fourth-order valence-corrected chi connectivity index (χ4v) is 3.79. The summed E-state index contributed by atoms with van der Waals surface area (Å²) in [6.07, 6.45) is 3.58. The second-order valence-corrected chi connectivity index (χ2v) is 7.57. The molecule has 1 aliphatic heterocycles. The molecular weight excluding hydrogens is 310 g/mol. The molecule has 1 saturated heterocycles. The molecule has 1 aromatic carbocycles. The van der Waals surface area contributed by atoms with E-state index in [0.29, 0.717) is 18.2 Å². The molecule has 2 aromatic rings. The molecule has 0 radical (unpaired) electrons. The van der Waals surface area contributed by atoms with Gasteiger partial charge in [-0.25, -0.2) is 0 Å². The quantitative estimate of drug-likeness (QED) is 0.806. The Morgan fingerprint density at radius 1 is 1.12 bits per heavy atom. The molecule has 1 aliphatic rings. The van der Waals surface area contributed by atoms with Crippen molar-refractivity contribution >= 4 is 16.8 Å². The van der Waals surface area contributed by atoms with E-state index in [-0.39, 0.29) is 0 Å². The molecule has 0 aliphatic carbocycles. The molecule has 0 atom stereocenters. The van der Waals surface area contributed by atoms with Gasteiger partial charge in [-0.3, -0.25) is 9.69 Å². The summed E-state index contributed by atoms with van der Waals surface area (Å²) < 4.78 is 2.25. The van der Waals surface area contributed by atoms with E-state index in [9.17, 15) is 4.79 Å². The Bertz CT molecular complexity index is 711. The molecular formula is C21H31N3O. The number of aryl methyl sites for hydroxylation is 2. The van der Waals surface area contributed by atoms with Gasteiger partial charge < -0.3 is 9.47 Å². The Morgan fingerprint density at radius 3 is 2.56 bits per heavy atom. The number of nitrogens with zero attached hydrogens (tertiary/aromatic N) is 3. The molecule has 0 N–H and O–H groups in total. The Morgan fingerprint density at radius 2 is 1.88 bits per heavy atom. The summed E-state index contributed by atoms with van der Waals surface area (Å²) >= 11 is 0. The first-order valence-corrected chi connectivity index (χ1v) is 9.64. The van der Waals surface area contributed by atoms with Gasteiger partial charge in [-0.05, 0) is 48.4 Å². The predicted molar refractivity (Wildman–Crippen MR) is 104 cm³/mol. The fraction of sp³-hybridized carbons (Fsp3) is 0.571. The molecule has 1 fully saturated rings. The number of carbonyl (C=O) groups excluding carboxylic acids is 1. The highest BCUT2D eigenvalue weighted by molar-refractivity contribution is 5.81. The summed E-state index contributed by atoms with van der Waals surface area (Å²) in [5, 5.41) is 1.27. The maximum absolute atomic E-state index is 12.5. The number of hydrogen-bond donors (Lipinski definition) is 0. The zero-order valence-corrected chi connectivity index (χ0v) is 15.9. The third-order valence-electron chi connectivity index (χ3n) is 5.15. The van der Waals surface area contributed by atoms with Crippen LogP contribution in [0.3, 0.4) is 0 Å². The number of rotatable bonds is 6. The summed E-state index contributed by atoms with van der Waals surface area (Å²) in [7, 11) is 0. The minimum atomic E-state index is 0.301. The summed E-state index contributed by atoms with van der Waals surface area (Å²) in [6, 6.07) is 8.75. The van der Waals surface area contributed by atoms with E-state index in [1.165, 1.54) is 16.5 Å². The lowest BCUT2D eigenvalue weighted by atomic mass is 10.1. The first kappa shape index (κ1) is 18.0. The molecule has 0 saturated carbocycles. The molecule has 3 rings (SSSR count). The van der Waals surface area contributed by atoms with Crippen LogP contribution < -0.4 is 0 Å². The van der Waals surface area contributed by atoms with Gasteiger partial charge in [0.1, 0.15) is 0 Å². The number of hydrogen-bond acceptors (Lipinski definition) is 2. The van der Waals surface area contributed by atoms with Gasteiger partial charge >= 0.3 is 0 Å². The van der Waals surface area contributed by atoms with E-state index < -0.39 is 0 Å². The van der Waals surface area contributed by atoms with Gasteiger partial charge in [-0.2, -0.15) is 0 Å².